The van der Waals surface area contributed by atoms with E-state index in [1.807, 2.05) is 0 Å². The van der Waals surface area contributed by atoms with E-state index in [4.69, 9.17) is 5.73 Å². The highest BCUT2D eigenvalue weighted by atomic mass is 19.1. The van der Waals surface area contributed by atoms with Gasteiger partial charge in [0.2, 0.25) is 5.91 Å². The zero-order valence-electron chi connectivity index (χ0n) is 10.1. The van der Waals surface area contributed by atoms with Gasteiger partial charge in [-0.2, -0.15) is 0 Å². The molecule has 102 valence electrons. The molecular weight excluding hydrogens is 253 g/mol. The summed E-state index contributed by atoms with van der Waals surface area (Å²) in [7, 11) is 0. The molecule has 0 aromatic heterocycles. The summed E-state index contributed by atoms with van der Waals surface area (Å²) in [5.74, 6) is -0.831. The number of carbonyl (C=O) groups is 1. The normalized spacial score (nSPS) is 15.9. The van der Waals surface area contributed by atoms with Crippen LogP contribution in [0.1, 0.15) is 19.3 Å². The van der Waals surface area contributed by atoms with Crippen LogP contribution in [0.4, 0.5) is 15.8 Å². The number of non-ortho nitro benzene ring substituents is 1. The lowest BCUT2D eigenvalue weighted by atomic mass is 10.1. The van der Waals surface area contributed by atoms with Gasteiger partial charge in [-0.1, -0.05) is 0 Å². The fourth-order valence-electron chi connectivity index (χ4n) is 1.83. The summed E-state index contributed by atoms with van der Waals surface area (Å²) in [6.07, 6.45) is 2.18. The number of carbonyl (C=O) groups excluding carboxylic acids is 1. The van der Waals surface area contributed by atoms with Crippen LogP contribution in [0.3, 0.4) is 0 Å². The van der Waals surface area contributed by atoms with Crippen molar-refractivity contribution in [2.45, 2.75) is 25.3 Å². The molecular formula is C12H14FN3O3. The summed E-state index contributed by atoms with van der Waals surface area (Å²) < 4.78 is 13.5. The predicted molar refractivity (Wildman–Crippen MR) is 67.0 cm³/mol. The second-order valence-corrected chi connectivity index (χ2v) is 4.67. The second kappa shape index (κ2) is 5.31. The quantitative estimate of drug-likeness (QED) is 0.627. The molecule has 0 heterocycles. The van der Waals surface area contributed by atoms with Crippen molar-refractivity contribution in [2.24, 2.45) is 11.7 Å². The minimum atomic E-state index is -0.831. The number of nitrogens with one attached hydrogen (secondary N) is 1. The van der Waals surface area contributed by atoms with Gasteiger partial charge in [0.25, 0.3) is 5.69 Å². The van der Waals surface area contributed by atoms with Gasteiger partial charge in [-0.05, 0) is 24.8 Å². The summed E-state index contributed by atoms with van der Waals surface area (Å²) in [6.45, 7) is 0. The van der Waals surface area contributed by atoms with E-state index in [1.54, 1.807) is 0 Å². The van der Waals surface area contributed by atoms with Crippen molar-refractivity contribution in [1.29, 1.82) is 0 Å². The summed E-state index contributed by atoms with van der Waals surface area (Å²) in [6, 6.07) is 2.88. The zero-order chi connectivity index (χ0) is 14.0. The largest absolute Gasteiger partial charge is 0.327 e. The van der Waals surface area contributed by atoms with E-state index in [1.165, 1.54) is 6.07 Å². The van der Waals surface area contributed by atoms with Gasteiger partial charge in [-0.25, -0.2) is 4.39 Å². The topological polar surface area (TPSA) is 98.3 Å². The van der Waals surface area contributed by atoms with Gasteiger partial charge < -0.3 is 11.1 Å². The zero-order valence-corrected chi connectivity index (χ0v) is 10.1. The van der Waals surface area contributed by atoms with E-state index in [-0.39, 0.29) is 29.7 Å². The molecule has 19 heavy (non-hydrogen) atoms. The number of nitro groups is 1. The first kappa shape index (κ1) is 13.4. The lowest BCUT2D eigenvalue weighted by Gasteiger charge is -2.10. The average molecular weight is 267 g/mol. The molecule has 1 unspecified atom stereocenters. The number of halogens is 1. The first-order chi connectivity index (χ1) is 8.97. The fourth-order valence-corrected chi connectivity index (χ4v) is 1.83. The van der Waals surface area contributed by atoms with Crippen LogP contribution in [0.25, 0.3) is 0 Å². The third-order valence-corrected chi connectivity index (χ3v) is 3.09. The van der Waals surface area contributed by atoms with Gasteiger partial charge in [0, 0.05) is 18.5 Å². The minimum Gasteiger partial charge on any atom is -0.327 e. The van der Waals surface area contributed by atoms with Crippen molar-refractivity contribution in [3.63, 3.8) is 0 Å². The van der Waals surface area contributed by atoms with E-state index < -0.39 is 10.7 Å². The van der Waals surface area contributed by atoms with Crippen molar-refractivity contribution < 1.29 is 14.1 Å². The number of hydrogen-bond donors (Lipinski definition) is 2. The summed E-state index contributed by atoms with van der Waals surface area (Å²) in [4.78, 5) is 21.4. The van der Waals surface area contributed by atoms with Crippen molar-refractivity contribution in [3.8, 4) is 0 Å². The van der Waals surface area contributed by atoms with Crippen molar-refractivity contribution in [1.82, 2.24) is 0 Å². The molecule has 1 amide bonds. The number of anilines is 1. The number of hydrogen-bond acceptors (Lipinski definition) is 4. The van der Waals surface area contributed by atoms with E-state index in [2.05, 4.69) is 5.32 Å². The molecule has 1 aromatic rings. The van der Waals surface area contributed by atoms with Crippen LogP contribution in [0, 0.1) is 21.8 Å². The lowest BCUT2D eigenvalue weighted by Crippen LogP contribution is -2.29. The molecule has 2 rings (SSSR count). The number of amides is 1. The van der Waals surface area contributed by atoms with Crippen LogP contribution in [-0.2, 0) is 4.79 Å². The molecule has 6 nitrogen and oxygen atoms in total. The summed E-state index contributed by atoms with van der Waals surface area (Å²) in [5, 5.41) is 12.8. The number of benzene rings is 1. The molecule has 7 heteroatoms. The Bertz CT molecular complexity index is 517. The number of nitrogens with zero attached hydrogens (tertiary/aromatic N) is 1. The van der Waals surface area contributed by atoms with E-state index in [0.29, 0.717) is 5.92 Å². The Balaban J connectivity index is 1.98. The lowest BCUT2D eigenvalue weighted by molar-refractivity contribution is -0.385. The fraction of sp³-hybridized carbons (Fsp3) is 0.417. The minimum absolute atomic E-state index is 0.0707. The van der Waals surface area contributed by atoms with Gasteiger partial charge in [0.1, 0.15) is 0 Å². The summed E-state index contributed by atoms with van der Waals surface area (Å²) in [5.41, 5.74) is 5.36. The highest BCUT2D eigenvalue weighted by molar-refractivity contribution is 5.91. The van der Waals surface area contributed by atoms with Gasteiger partial charge >= 0.3 is 0 Å². The molecule has 0 spiro atoms. The van der Waals surface area contributed by atoms with Crippen LogP contribution in [0.5, 0.6) is 0 Å². The molecule has 1 fully saturated rings. The second-order valence-electron chi connectivity index (χ2n) is 4.67. The van der Waals surface area contributed by atoms with Crippen molar-refractivity contribution >= 4 is 17.3 Å². The Morgan fingerprint density at radius 2 is 2.26 bits per heavy atom. The Hall–Kier alpha value is -2.02. The monoisotopic (exact) mass is 267 g/mol. The smallest absolute Gasteiger partial charge is 0.272 e. The molecule has 1 atom stereocenters. The Morgan fingerprint density at radius 1 is 1.58 bits per heavy atom. The molecule has 1 aliphatic rings. The average Bonchev–Trinajstić information content (AvgIpc) is 3.15. The molecule has 0 radical (unpaired) electrons. The maximum Gasteiger partial charge on any atom is 0.272 e. The number of nitro benzene ring substituents is 1. The van der Waals surface area contributed by atoms with Gasteiger partial charge in [0.05, 0.1) is 16.7 Å². The molecule has 3 N–H and O–H groups in total. The van der Waals surface area contributed by atoms with Gasteiger partial charge in [-0.3, -0.25) is 14.9 Å². The van der Waals surface area contributed by atoms with E-state index >= 15 is 0 Å². The highest BCUT2D eigenvalue weighted by Crippen LogP contribution is 2.33. The van der Waals surface area contributed by atoms with Gasteiger partial charge in [-0.15, -0.1) is 0 Å². The first-order valence-corrected chi connectivity index (χ1v) is 5.96. The summed E-state index contributed by atoms with van der Waals surface area (Å²) >= 11 is 0. The molecule has 0 saturated heterocycles. The molecule has 0 bridgehead atoms. The third kappa shape index (κ3) is 3.47. The predicted octanol–water partition coefficient (Wildman–Crippen LogP) is 1.80. The Kier molecular flexibility index (Phi) is 3.75. The van der Waals surface area contributed by atoms with Crippen molar-refractivity contribution in [2.75, 3.05) is 5.32 Å². The molecule has 0 aliphatic heterocycles. The molecule has 1 aromatic carbocycles. The van der Waals surface area contributed by atoms with Crippen LogP contribution in [0.15, 0.2) is 18.2 Å². The maximum absolute atomic E-state index is 13.5. The number of rotatable bonds is 5. The Labute approximate surface area is 108 Å². The van der Waals surface area contributed by atoms with Crippen molar-refractivity contribution in [3.05, 3.63) is 34.1 Å². The van der Waals surface area contributed by atoms with Gasteiger partial charge in [0.15, 0.2) is 5.82 Å². The van der Waals surface area contributed by atoms with Crippen LogP contribution in [0.2, 0.25) is 0 Å². The first-order valence-electron chi connectivity index (χ1n) is 5.96. The highest BCUT2D eigenvalue weighted by Gasteiger charge is 2.29. The van der Waals surface area contributed by atoms with Crippen LogP contribution in [-0.4, -0.2) is 16.9 Å². The standard InChI is InChI=1S/C12H14FN3O3/c13-9-5-8(16(18)19)3-4-11(9)15-12(17)6-10(14)7-1-2-7/h3-5,7,10H,1-2,6,14H2,(H,15,17). The molecule has 1 saturated carbocycles. The van der Waals surface area contributed by atoms with Crippen LogP contribution < -0.4 is 11.1 Å². The Morgan fingerprint density at radius 3 is 2.79 bits per heavy atom. The van der Waals surface area contributed by atoms with E-state index in [0.717, 1.165) is 25.0 Å². The SMILES string of the molecule is NC(CC(=O)Nc1ccc([N+](=O)[O-])cc1F)C1CC1. The van der Waals surface area contributed by atoms with Crippen LogP contribution >= 0.6 is 0 Å². The third-order valence-electron chi connectivity index (χ3n) is 3.09. The molecule has 1 aliphatic carbocycles. The maximum atomic E-state index is 13.5. The van der Waals surface area contributed by atoms with E-state index in [9.17, 15) is 19.3 Å². The number of nitrogens with two attached hydrogens (primary N) is 1.